The number of hydrogen-bond acceptors (Lipinski definition) is 3. The van der Waals surface area contributed by atoms with Crippen molar-refractivity contribution in [2.75, 3.05) is 13.6 Å². The minimum Gasteiger partial charge on any atom is -0.387 e. The van der Waals surface area contributed by atoms with Crippen molar-refractivity contribution in [3.8, 4) is 0 Å². The smallest absolute Gasteiger partial charge is 0.129 e. The van der Waals surface area contributed by atoms with Crippen LogP contribution in [0, 0.1) is 5.82 Å². The van der Waals surface area contributed by atoms with Gasteiger partial charge in [0.25, 0.3) is 0 Å². The second-order valence-corrected chi connectivity index (χ2v) is 4.91. The molecule has 0 spiro atoms. The number of halogens is 1. The fraction of sp³-hybridized carbons (Fsp3) is 0.312. The summed E-state index contributed by atoms with van der Waals surface area (Å²) in [4.78, 5) is 6.26. The first-order valence-corrected chi connectivity index (χ1v) is 6.63. The molecule has 0 aliphatic rings. The summed E-state index contributed by atoms with van der Waals surface area (Å²) in [5.74, 6) is -0.376. The van der Waals surface area contributed by atoms with Crippen LogP contribution in [0.1, 0.15) is 30.3 Å². The Kier molecular flexibility index (Phi) is 4.82. The van der Waals surface area contributed by atoms with Crippen LogP contribution in [0.25, 0.3) is 0 Å². The highest BCUT2D eigenvalue weighted by molar-refractivity contribution is 5.20. The molecule has 0 saturated carbocycles. The van der Waals surface area contributed by atoms with E-state index in [1.54, 1.807) is 24.4 Å². The molecule has 1 N–H and O–H groups in total. The standard InChI is InChI=1S/C16H19FN2O/c1-12(15-9-5-6-10-18-15)19(2)11-16(20)13-7-3-4-8-14(13)17/h3-10,12,16,20H,11H2,1-2H3/t12-,16-/m0/s1. The molecule has 2 rings (SSSR count). The maximum atomic E-state index is 13.6. The van der Waals surface area contributed by atoms with Gasteiger partial charge in [0, 0.05) is 24.3 Å². The maximum absolute atomic E-state index is 13.6. The Labute approximate surface area is 118 Å². The summed E-state index contributed by atoms with van der Waals surface area (Å²) >= 11 is 0. The van der Waals surface area contributed by atoms with E-state index in [9.17, 15) is 9.50 Å². The third-order valence-electron chi connectivity index (χ3n) is 3.50. The van der Waals surface area contributed by atoms with Gasteiger partial charge in [-0.25, -0.2) is 4.39 Å². The molecule has 106 valence electrons. The molecule has 0 aliphatic carbocycles. The summed E-state index contributed by atoms with van der Waals surface area (Å²) < 4.78 is 13.6. The van der Waals surface area contributed by atoms with Gasteiger partial charge in [0.1, 0.15) is 5.82 Å². The summed E-state index contributed by atoms with van der Waals surface area (Å²) in [6, 6.07) is 12.1. The highest BCUT2D eigenvalue weighted by atomic mass is 19.1. The number of benzene rings is 1. The predicted octanol–water partition coefficient (Wildman–Crippen LogP) is 2.95. The van der Waals surface area contributed by atoms with E-state index in [1.165, 1.54) is 6.07 Å². The summed E-state index contributed by atoms with van der Waals surface area (Å²) in [6.07, 6.45) is 0.889. The van der Waals surface area contributed by atoms with Crippen LogP contribution in [0.4, 0.5) is 4.39 Å². The summed E-state index contributed by atoms with van der Waals surface area (Å²) in [6.45, 7) is 2.36. The lowest BCUT2D eigenvalue weighted by atomic mass is 10.1. The van der Waals surface area contributed by atoms with Crippen molar-refractivity contribution in [2.24, 2.45) is 0 Å². The van der Waals surface area contributed by atoms with Crippen LogP contribution in [0.2, 0.25) is 0 Å². The van der Waals surface area contributed by atoms with E-state index in [0.717, 1.165) is 5.69 Å². The van der Waals surface area contributed by atoms with Crippen LogP contribution in [0.5, 0.6) is 0 Å². The molecule has 4 heteroatoms. The molecule has 0 aliphatic heterocycles. The first kappa shape index (κ1) is 14.6. The molecule has 20 heavy (non-hydrogen) atoms. The lowest BCUT2D eigenvalue weighted by molar-refractivity contribution is 0.104. The zero-order valence-corrected chi connectivity index (χ0v) is 11.7. The van der Waals surface area contributed by atoms with Crippen molar-refractivity contribution in [1.82, 2.24) is 9.88 Å². The third kappa shape index (κ3) is 3.40. The average Bonchev–Trinajstić information content (AvgIpc) is 2.47. The van der Waals surface area contributed by atoms with Crippen LogP contribution < -0.4 is 0 Å². The Morgan fingerprint density at radius 3 is 2.55 bits per heavy atom. The lowest BCUT2D eigenvalue weighted by Gasteiger charge is -2.26. The molecular weight excluding hydrogens is 255 g/mol. The first-order chi connectivity index (χ1) is 9.59. The quantitative estimate of drug-likeness (QED) is 0.910. The fourth-order valence-electron chi connectivity index (χ4n) is 2.12. The molecule has 0 unspecified atom stereocenters. The largest absolute Gasteiger partial charge is 0.387 e. The van der Waals surface area contributed by atoms with E-state index in [0.29, 0.717) is 12.1 Å². The number of aliphatic hydroxyl groups is 1. The zero-order valence-electron chi connectivity index (χ0n) is 11.7. The molecule has 1 aromatic heterocycles. The molecule has 1 aromatic carbocycles. The molecule has 3 nitrogen and oxygen atoms in total. The lowest BCUT2D eigenvalue weighted by Crippen LogP contribution is -2.28. The minimum absolute atomic E-state index is 0.0534. The van der Waals surface area contributed by atoms with E-state index >= 15 is 0 Å². The second kappa shape index (κ2) is 6.59. The predicted molar refractivity (Wildman–Crippen MR) is 76.6 cm³/mol. The van der Waals surface area contributed by atoms with Gasteiger partial charge in [-0.05, 0) is 32.2 Å². The van der Waals surface area contributed by atoms with Gasteiger partial charge in [0.15, 0.2) is 0 Å². The molecule has 0 bridgehead atoms. The Morgan fingerprint density at radius 1 is 1.20 bits per heavy atom. The molecule has 0 saturated heterocycles. The fourth-order valence-corrected chi connectivity index (χ4v) is 2.12. The van der Waals surface area contributed by atoms with Gasteiger partial charge >= 0.3 is 0 Å². The highest BCUT2D eigenvalue weighted by Gasteiger charge is 2.19. The minimum atomic E-state index is -0.854. The van der Waals surface area contributed by atoms with E-state index in [4.69, 9.17) is 0 Å². The monoisotopic (exact) mass is 274 g/mol. The SMILES string of the molecule is C[C@@H](c1ccccn1)N(C)C[C@H](O)c1ccccc1F. The molecule has 0 fully saturated rings. The van der Waals surface area contributed by atoms with Crippen molar-refractivity contribution >= 4 is 0 Å². The molecule has 0 amide bonds. The number of nitrogens with zero attached hydrogens (tertiary/aromatic N) is 2. The molecule has 2 aromatic rings. The van der Waals surface area contributed by atoms with Crippen LogP contribution >= 0.6 is 0 Å². The Morgan fingerprint density at radius 2 is 1.90 bits per heavy atom. The van der Waals surface area contributed by atoms with E-state index in [1.807, 2.05) is 37.1 Å². The number of likely N-dealkylation sites (N-methyl/N-ethyl adjacent to an activating group) is 1. The normalized spacial score (nSPS) is 14.2. The molecule has 2 atom stereocenters. The zero-order chi connectivity index (χ0) is 14.5. The van der Waals surface area contributed by atoms with Gasteiger partial charge in [-0.3, -0.25) is 9.88 Å². The number of aromatic nitrogens is 1. The van der Waals surface area contributed by atoms with Crippen LogP contribution in [-0.4, -0.2) is 28.6 Å². The van der Waals surface area contributed by atoms with Gasteiger partial charge in [0.05, 0.1) is 11.8 Å². The number of pyridine rings is 1. The number of rotatable bonds is 5. The summed E-state index contributed by atoms with van der Waals surface area (Å²) in [5, 5.41) is 10.2. The first-order valence-electron chi connectivity index (χ1n) is 6.63. The van der Waals surface area contributed by atoms with E-state index < -0.39 is 6.10 Å². The summed E-state index contributed by atoms with van der Waals surface area (Å²) in [7, 11) is 1.89. The third-order valence-corrected chi connectivity index (χ3v) is 3.50. The number of hydrogen-bond donors (Lipinski definition) is 1. The van der Waals surface area contributed by atoms with Gasteiger partial charge < -0.3 is 5.11 Å². The summed E-state index contributed by atoms with van der Waals surface area (Å²) in [5.41, 5.74) is 1.25. The second-order valence-electron chi connectivity index (χ2n) is 4.91. The Hall–Kier alpha value is -1.78. The highest BCUT2D eigenvalue weighted by Crippen LogP contribution is 2.22. The van der Waals surface area contributed by atoms with Crippen molar-refractivity contribution in [2.45, 2.75) is 19.1 Å². The van der Waals surface area contributed by atoms with Crippen molar-refractivity contribution in [1.29, 1.82) is 0 Å². The van der Waals surface area contributed by atoms with Crippen molar-refractivity contribution < 1.29 is 9.50 Å². The molecule has 1 heterocycles. The van der Waals surface area contributed by atoms with Crippen LogP contribution in [0.15, 0.2) is 48.7 Å². The number of aliphatic hydroxyl groups excluding tert-OH is 1. The van der Waals surface area contributed by atoms with Crippen molar-refractivity contribution in [3.05, 3.63) is 65.7 Å². The Bertz CT molecular complexity index is 547. The van der Waals surface area contributed by atoms with Gasteiger partial charge in [-0.2, -0.15) is 0 Å². The van der Waals surface area contributed by atoms with E-state index in [2.05, 4.69) is 4.98 Å². The van der Waals surface area contributed by atoms with E-state index in [-0.39, 0.29) is 11.9 Å². The maximum Gasteiger partial charge on any atom is 0.129 e. The Balaban J connectivity index is 2.04. The van der Waals surface area contributed by atoms with Gasteiger partial charge in [-0.15, -0.1) is 0 Å². The van der Waals surface area contributed by atoms with Crippen LogP contribution in [-0.2, 0) is 0 Å². The average molecular weight is 274 g/mol. The molecular formula is C16H19FN2O. The van der Waals surface area contributed by atoms with Crippen LogP contribution in [0.3, 0.4) is 0 Å². The topological polar surface area (TPSA) is 36.4 Å². The van der Waals surface area contributed by atoms with Crippen molar-refractivity contribution in [3.63, 3.8) is 0 Å². The van der Waals surface area contributed by atoms with Gasteiger partial charge in [0.2, 0.25) is 0 Å². The molecule has 0 radical (unpaired) electrons. The van der Waals surface area contributed by atoms with Gasteiger partial charge in [-0.1, -0.05) is 24.3 Å².